The van der Waals surface area contributed by atoms with Gasteiger partial charge in [0, 0.05) is 38.5 Å². The Bertz CT molecular complexity index is 1140. The van der Waals surface area contributed by atoms with Gasteiger partial charge >= 0.3 is 5.76 Å². The third kappa shape index (κ3) is 3.21. The van der Waals surface area contributed by atoms with Crippen LogP contribution in [0.1, 0.15) is 10.4 Å². The number of nitrogens with one attached hydrogen (secondary N) is 1. The molecule has 3 aromatic rings. The second-order valence-corrected chi connectivity index (χ2v) is 7.62. The molecule has 0 unspecified atom stereocenters. The van der Waals surface area contributed by atoms with Crippen molar-refractivity contribution in [2.45, 2.75) is 4.90 Å². The summed E-state index contributed by atoms with van der Waals surface area (Å²) in [6, 6.07) is 10.3. The minimum atomic E-state index is -3.87. The van der Waals surface area contributed by atoms with E-state index in [4.69, 9.17) is 4.42 Å². The van der Waals surface area contributed by atoms with Crippen LogP contribution in [0.25, 0.3) is 11.1 Å². The SMILES string of the molecule is CN(C)C(=O)c1ccc(NS(=O)(=O)c2ccc3c(c2)oc(=O)n3C)cc1. The summed E-state index contributed by atoms with van der Waals surface area (Å²) in [6.45, 7) is 0. The number of rotatable bonds is 4. The van der Waals surface area contributed by atoms with Crippen molar-refractivity contribution in [3.05, 3.63) is 58.6 Å². The molecule has 9 heteroatoms. The second-order valence-electron chi connectivity index (χ2n) is 5.94. The maximum absolute atomic E-state index is 12.6. The molecule has 26 heavy (non-hydrogen) atoms. The van der Waals surface area contributed by atoms with Gasteiger partial charge in [0.05, 0.1) is 10.4 Å². The lowest BCUT2D eigenvalue weighted by Gasteiger charge is -2.11. The van der Waals surface area contributed by atoms with Crippen molar-refractivity contribution in [1.82, 2.24) is 9.47 Å². The monoisotopic (exact) mass is 375 g/mol. The first-order valence-electron chi connectivity index (χ1n) is 7.63. The van der Waals surface area contributed by atoms with Crippen molar-refractivity contribution in [3.8, 4) is 0 Å². The number of aromatic nitrogens is 1. The number of sulfonamides is 1. The number of carbonyl (C=O) groups is 1. The molecule has 1 aromatic heterocycles. The molecule has 136 valence electrons. The lowest BCUT2D eigenvalue weighted by atomic mass is 10.2. The van der Waals surface area contributed by atoms with Crippen molar-refractivity contribution in [2.24, 2.45) is 7.05 Å². The predicted molar refractivity (Wildman–Crippen MR) is 96.7 cm³/mol. The molecule has 0 aliphatic rings. The van der Waals surface area contributed by atoms with E-state index in [1.54, 1.807) is 26.2 Å². The fraction of sp³-hybridized carbons (Fsp3) is 0.176. The highest BCUT2D eigenvalue weighted by Gasteiger charge is 2.17. The van der Waals surface area contributed by atoms with Gasteiger partial charge in [0.25, 0.3) is 15.9 Å². The zero-order chi connectivity index (χ0) is 19.1. The van der Waals surface area contributed by atoms with Crippen LogP contribution in [0.3, 0.4) is 0 Å². The van der Waals surface area contributed by atoms with Crippen LogP contribution in [0.15, 0.2) is 56.6 Å². The molecule has 0 bridgehead atoms. The molecule has 0 aliphatic carbocycles. The normalized spacial score (nSPS) is 11.5. The zero-order valence-corrected chi connectivity index (χ0v) is 15.2. The van der Waals surface area contributed by atoms with Crippen LogP contribution < -0.4 is 10.5 Å². The molecule has 8 nitrogen and oxygen atoms in total. The Morgan fingerprint density at radius 3 is 2.38 bits per heavy atom. The van der Waals surface area contributed by atoms with E-state index in [1.165, 1.54) is 46.8 Å². The number of hydrogen-bond donors (Lipinski definition) is 1. The average molecular weight is 375 g/mol. The highest BCUT2D eigenvalue weighted by molar-refractivity contribution is 7.92. The molecular weight excluding hydrogens is 358 g/mol. The van der Waals surface area contributed by atoms with Gasteiger partial charge in [0.2, 0.25) is 0 Å². The van der Waals surface area contributed by atoms with Gasteiger partial charge in [-0.25, -0.2) is 13.2 Å². The Morgan fingerprint density at radius 1 is 1.12 bits per heavy atom. The van der Waals surface area contributed by atoms with E-state index in [0.717, 1.165) is 0 Å². The van der Waals surface area contributed by atoms with E-state index in [2.05, 4.69) is 4.72 Å². The number of aryl methyl sites for hydroxylation is 1. The minimum Gasteiger partial charge on any atom is -0.408 e. The van der Waals surface area contributed by atoms with Gasteiger partial charge in [-0.3, -0.25) is 14.1 Å². The highest BCUT2D eigenvalue weighted by atomic mass is 32.2. The molecule has 0 atom stereocenters. The van der Waals surface area contributed by atoms with Crippen molar-refractivity contribution in [2.75, 3.05) is 18.8 Å². The molecule has 0 spiro atoms. The molecule has 0 fully saturated rings. The van der Waals surface area contributed by atoms with E-state index >= 15 is 0 Å². The van der Waals surface area contributed by atoms with Crippen LogP contribution in [0.2, 0.25) is 0 Å². The summed E-state index contributed by atoms with van der Waals surface area (Å²) >= 11 is 0. The lowest BCUT2D eigenvalue weighted by Crippen LogP contribution is -2.21. The van der Waals surface area contributed by atoms with E-state index in [9.17, 15) is 18.0 Å². The topological polar surface area (TPSA) is 102 Å². The second kappa shape index (κ2) is 6.34. The number of anilines is 1. The van der Waals surface area contributed by atoms with Crippen molar-refractivity contribution >= 4 is 32.7 Å². The van der Waals surface area contributed by atoms with Gasteiger partial charge in [-0.15, -0.1) is 0 Å². The number of benzene rings is 2. The van der Waals surface area contributed by atoms with Gasteiger partial charge in [0.1, 0.15) is 0 Å². The number of oxazole rings is 1. The average Bonchev–Trinajstić information content (AvgIpc) is 2.88. The van der Waals surface area contributed by atoms with Gasteiger partial charge < -0.3 is 9.32 Å². The molecule has 1 amide bonds. The third-order valence-corrected chi connectivity index (χ3v) is 5.24. The molecule has 1 heterocycles. The number of fused-ring (bicyclic) bond motifs is 1. The smallest absolute Gasteiger partial charge is 0.408 e. The van der Waals surface area contributed by atoms with Crippen LogP contribution in [-0.2, 0) is 17.1 Å². The Kier molecular flexibility index (Phi) is 4.33. The van der Waals surface area contributed by atoms with E-state index in [0.29, 0.717) is 16.8 Å². The summed E-state index contributed by atoms with van der Waals surface area (Å²) in [5, 5.41) is 0. The fourth-order valence-electron chi connectivity index (χ4n) is 2.43. The van der Waals surface area contributed by atoms with Gasteiger partial charge in [0.15, 0.2) is 5.58 Å². The maximum Gasteiger partial charge on any atom is 0.419 e. The summed E-state index contributed by atoms with van der Waals surface area (Å²) in [5.41, 5.74) is 1.45. The van der Waals surface area contributed by atoms with Crippen LogP contribution >= 0.6 is 0 Å². The third-order valence-electron chi connectivity index (χ3n) is 3.86. The molecule has 0 saturated heterocycles. The Hall–Kier alpha value is -3.07. The standard InChI is InChI=1S/C17H17N3O5S/c1-19(2)16(21)11-4-6-12(7-5-11)18-26(23,24)13-8-9-14-15(10-13)25-17(22)20(14)3/h4-10,18H,1-3H3. The summed E-state index contributed by atoms with van der Waals surface area (Å²) in [5.74, 6) is -0.743. The van der Waals surface area contributed by atoms with Crippen LogP contribution in [0, 0.1) is 0 Å². The Morgan fingerprint density at radius 2 is 1.77 bits per heavy atom. The number of hydrogen-bond acceptors (Lipinski definition) is 5. The number of amides is 1. The molecule has 3 rings (SSSR count). The van der Waals surface area contributed by atoms with Gasteiger partial charge in [-0.05, 0) is 36.4 Å². The van der Waals surface area contributed by atoms with E-state index < -0.39 is 15.8 Å². The van der Waals surface area contributed by atoms with Crippen molar-refractivity contribution in [1.29, 1.82) is 0 Å². The maximum atomic E-state index is 12.6. The molecular formula is C17H17N3O5S. The van der Waals surface area contributed by atoms with Crippen LogP contribution in [-0.4, -0.2) is 37.9 Å². The van der Waals surface area contributed by atoms with Crippen molar-refractivity contribution in [3.63, 3.8) is 0 Å². The van der Waals surface area contributed by atoms with Crippen LogP contribution in [0.5, 0.6) is 0 Å². The lowest BCUT2D eigenvalue weighted by molar-refractivity contribution is 0.0827. The summed E-state index contributed by atoms with van der Waals surface area (Å²) in [6.07, 6.45) is 0. The van der Waals surface area contributed by atoms with E-state index in [-0.39, 0.29) is 16.4 Å². The quantitative estimate of drug-likeness (QED) is 0.747. The Labute approximate surface area is 149 Å². The van der Waals surface area contributed by atoms with Gasteiger partial charge in [-0.2, -0.15) is 0 Å². The molecule has 0 aliphatic heterocycles. The highest BCUT2D eigenvalue weighted by Crippen LogP contribution is 2.21. The Balaban J connectivity index is 1.89. The molecule has 2 aromatic carbocycles. The first kappa shape index (κ1) is 17.7. The first-order chi connectivity index (χ1) is 12.2. The molecule has 0 saturated carbocycles. The fourth-order valence-corrected chi connectivity index (χ4v) is 3.51. The zero-order valence-electron chi connectivity index (χ0n) is 14.4. The minimum absolute atomic E-state index is 0.0344. The number of nitrogens with zero attached hydrogens (tertiary/aromatic N) is 2. The van der Waals surface area contributed by atoms with Crippen LogP contribution in [0.4, 0.5) is 5.69 Å². The summed E-state index contributed by atoms with van der Waals surface area (Å²) in [7, 11) is 0.936. The molecule has 1 N–H and O–H groups in total. The first-order valence-corrected chi connectivity index (χ1v) is 9.11. The summed E-state index contributed by atoms with van der Waals surface area (Å²) in [4.78, 5) is 24.8. The predicted octanol–water partition coefficient (Wildman–Crippen LogP) is 1.63. The number of carbonyl (C=O) groups excluding carboxylic acids is 1. The van der Waals surface area contributed by atoms with Gasteiger partial charge in [-0.1, -0.05) is 0 Å². The summed E-state index contributed by atoms with van der Waals surface area (Å²) < 4.78 is 33.9. The molecule has 0 radical (unpaired) electrons. The largest absolute Gasteiger partial charge is 0.419 e. The van der Waals surface area contributed by atoms with Crippen molar-refractivity contribution < 1.29 is 17.6 Å². The van der Waals surface area contributed by atoms with E-state index in [1.807, 2.05) is 0 Å².